The van der Waals surface area contributed by atoms with Gasteiger partial charge in [-0.3, -0.25) is 4.79 Å². The summed E-state index contributed by atoms with van der Waals surface area (Å²) in [4.78, 5) is 12.8. The summed E-state index contributed by atoms with van der Waals surface area (Å²) in [6.45, 7) is 9.29. The second-order valence-corrected chi connectivity index (χ2v) is 9.42. The molecule has 1 N–H and O–H groups in total. The molecule has 0 unspecified atom stereocenters. The van der Waals surface area contributed by atoms with Crippen LogP contribution in [0.25, 0.3) is 0 Å². The number of ketones is 1. The summed E-state index contributed by atoms with van der Waals surface area (Å²) in [5, 5.41) is 12.5. The monoisotopic (exact) mass is 390 g/mol. The zero-order valence-corrected chi connectivity index (χ0v) is 17.8. The second-order valence-electron chi connectivity index (χ2n) is 9.42. The fourth-order valence-electron chi connectivity index (χ4n) is 4.64. The number of hydrogen-bond donors (Lipinski definition) is 1. The molecule has 3 rings (SSSR count). The Balaban J connectivity index is 1.56. The molecule has 4 nitrogen and oxygen atoms in total. The van der Waals surface area contributed by atoms with Gasteiger partial charge in [-0.1, -0.05) is 24.3 Å². The molecular formula is C25H30N2O2. The highest BCUT2D eigenvalue weighted by Crippen LogP contribution is 2.35. The van der Waals surface area contributed by atoms with Crippen LogP contribution in [0.2, 0.25) is 0 Å². The molecule has 2 aromatic rings. The number of nitrogens with zero attached hydrogens (tertiary/aromatic N) is 1. The van der Waals surface area contributed by atoms with Crippen molar-refractivity contribution in [1.82, 2.24) is 5.32 Å². The number of Topliss-reactive ketones (excluding diaryl/α,β-unsaturated/α-hetero) is 1. The Kier molecular flexibility index (Phi) is 6.10. The Bertz CT molecular complexity index is 874. The molecule has 0 aromatic heterocycles. The molecule has 0 bridgehead atoms. The van der Waals surface area contributed by atoms with Crippen LogP contribution in [0.3, 0.4) is 0 Å². The minimum Gasteiger partial charge on any atom is -0.489 e. The van der Waals surface area contributed by atoms with E-state index >= 15 is 0 Å². The third-order valence-corrected chi connectivity index (χ3v) is 5.41. The first-order valence-electron chi connectivity index (χ1n) is 10.2. The lowest BCUT2D eigenvalue weighted by Crippen LogP contribution is -2.57. The van der Waals surface area contributed by atoms with E-state index in [2.05, 4.69) is 39.1 Å². The summed E-state index contributed by atoms with van der Waals surface area (Å²) >= 11 is 0. The number of carbonyl (C=O) groups excluding carboxylic acids is 1. The molecule has 0 aliphatic carbocycles. The summed E-state index contributed by atoms with van der Waals surface area (Å²) in [7, 11) is 0. The maximum absolute atomic E-state index is 12.8. The Labute approximate surface area is 173 Å². The van der Waals surface area contributed by atoms with Crippen molar-refractivity contribution in [1.29, 1.82) is 5.26 Å². The average Bonchev–Trinajstić information content (AvgIpc) is 2.64. The summed E-state index contributed by atoms with van der Waals surface area (Å²) in [6.07, 6.45) is 2.62. The van der Waals surface area contributed by atoms with Gasteiger partial charge in [-0.25, -0.2) is 0 Å². The molecule has 2 aromatic carbocycles. The molecule has 0 spiro atoms. The van der Waals surface area contributed by atoms with Crippen LogP contribution in [0, 0.1) is 17.2 Å². The molecule has 0 radical (unpaired) electrons. The Morgan fingerprint density at radius 3 is 2.17 bits per heavy atom. The van der Waals surface area contributed by atoms with E-state index in [-0.39, 0.29) is 16.9 Å². The van der Waals surface area contributed by atoms with Crippen molar-refractivity contribution >= 4 is 5.78 Å². The number of piperidine rings is 1. The van der Waals surface area contributed by atoms with Crippen LogP contribution in [0.4, 0.5) is 0 Å². The van der Waals surface area contributed by atoms with Gasteiger partial charge in [0.2, 0.25) is 0 Å². The molecule has 1 saturated heterocycles. The van der Waals surface area contributed by atoms with E-state index in [4.69, 9.17) is 10.00 Å². The minimum absolute atomic E-state index is 0.0549. The lowest BCUT2D eigenvalue weighted by Gasteiger charge is -2.46. The molecule has 0 atom stereocenters. The molecule has 1 aliphatic rings. The average molecular weight is 391 g/mol. The van der Waals surface area contributed by atoms with Gasteiger partial charge in [0.1, 0.15) is 12.4 Å². The summed E-state index contributed by atoms with van der Waals surface area (Å²) in [5.41, 5.74) is 2.50. The highest BCUT2D eigenvalue weighted by atomic mass is 16.5. The van der Waals surface area contributed by atoms with Gasteiger partial charge in [-0.2, -0.15) is 5.26 Å². The van der Waals surface area contributed by atoms with Crippen molar-refractivity contribution in [2.24, 2.45) is 5.92 Å². The zero-order valence-electron chi connectivity index (χ0n) is 17.8. The van der Waals surface area contributed by atoms with Crippen molar-refractivity contribution in [3.63, 3.8) is 0 Å². The first kappa shape index (κ1) is 21.1. The quantitative estimate of drug-likeness (QED) is 0.683. The largest absolute Gasteiger partial charge is 0.489 e. The predicted octanol–water partition coefficient (Wildman–Crippen LogP) is 5.27. The van der Waals surface area contributed by atoms with Gasteiger partial charge in [0.15, 0.2) is 5.78 Å². The normalized spacial score (nSPS) is 18.0. The van der Waals surface area contributed by atoms with Gasteiger partial charge in [-0.15, -0.1) is 0 Å². The Hall–Kier alpha value is -2.64. The summed E-state index contributed by atoms with van der Waals surface area (Å²) < 4.78 is 5.76. The Morgan fingerprint density at radius 1 is 1.03 bits per heavy atom. The molecular weight excluding hydrogens is 360 g/mol. The van der Waals surface area contributed by atoms with Crippen molar-refractivity contribution < 1.29 is 9.53 Å². The number of carbonyl (C=O) groups is 1. The third kappa shape index (κ3) is 5.92. The highest BCUT2D eigenvalue weighted by Gasteiger charge is 2.38. The van der Waals surface area contributed by atoms with E-state index < -0.39 is 0 Å². The van der Waals surface area contributed by atoms with Crippen LogP contribution in [-0.2, 0) is 6.61 Å². The SMILES string of the molecule is CC1(C)CC(CC(=O)c2ccc(COc3ccc(C#N)cc3)cc2)CC(C)(C)N1. The number of nitrogens with one attached hydrogen (secondary N) is 1. The lowest BCUT2D eigenvalue weighted by molar-refractivity contribution is 0.0864. The third-order valence-electron chi connectivity index (χ3n) is 5.41. The van der Waals surface area contributed by atoms with Gasteiger partial charge in [0.05, 0.1) is 11.6 Å². The van der Waals surface area contributed by atoms with Crippen LogP contribution >= 0.6 is 0 Å². The predicted molar refractivity (Wildman–Crippen MR) is 115 cm³/mol. The number of rotatable bonds is 6. The van der Waals surface area contributed by atoms with Gasteiger partial charge in [0, 0.05) is 23.1 Å². The molecule has 4 heteroatoms. The number of nitriles is 1. The highest BCUT2D eigenvalue weighted by molar-refractivity contribution is 5.96. The maximum Gasteiger partial charge on any atom is 0.163 e. The molecule has 0 saturated carbocycles. The van der Waals surface area contributed by atoms with Crippen LogP contribution in [0.15, 0.2) is 48.5 Å². The number of benzene rings is 2. The summed E-state index contributed by atoms with van der Waals surface area (Å²) in [5.74, 6) is 1.33. The molecule has 29 heavy (non-hydrogen) atoms. The number of hydrogen-bond acceptors (Lipinski definition) is 4. The fraction of sp³-hybridized carbons (Fsp3) is 0.440. The standard InChI is InChI=1S/C25H30N2O2/c1-24(2)14-20(15-25(3,4)27-24)13-23(28)21-9-5-19(6-10-21)17-29-22-11-7-18(16-26)8-12-22/h5-12,20,27H,13-15,17H2,1-4H3. The topological polar surface area (TPSA) is 62.1 Å². The van der Waals surface area contributed by atoms with Crippen LogP contribution in [0.5, 0.6) is 5.75 Å². The molecule has 1 aliphatic heterocycles. The van der Waals surface area contributed by atoms with E-state index in [9.17, 15) is 4.79 Å². The Morgan fingerprint density at radius 2 is 1.62 bits per heavy atom. The van der Waals surface area contributed by atoms with E-state index in [0.717, 1.165) is 29.7 Å². The zero-order chi connectivity index (χ0) is 21.1. The van der Waals surface area contributed by atoms with Crippen LogP contribution in [0.1, 0.15) is 68.4 Å². The lowest BCUT2D eigenvalue weighted by atomic mass is 9.74. The van der Waals surface area contributed by atoms with Crippen molar-refractivity contribution in [3.05, 3.63) is 65.2 Å². The van der Waals surface area contributed by atoms with Gasteiger partial charge >= 0.3 is 0 Å². The molecule has 1 fully saturated rings. The smallest absolute Gasteiger partial charge is 0.163 e. The van der Waals surface area contributed by atoms with Gasteiger partial charge < -0.3 is 10.1 Å². The van der Waals surface area contributed by atoms with Gasteiger partial charge in [-0.05, 0) is 76.3 Å². The van der Waals surface area contributed by atoms with Gasteiger partial charge in [0.25, 0.3) is 0 Å². The maximum atomic E-state index is 12.8. The fourth-order valence-corrected chi connectivity index (χ4v) is 4.64. The number of ether oxygens (including phenoxy) is 1. The van der Waals surface area contributed by atoms with E-state index in [1.165, 1.54) is 0 Å². The molecule has 152 valence electrons. The van der Waals surface area contributed by atoms with E-state index in [0.29, 0.717) is 24.5 Å². The molecule has 1 heterocycles. The summed E-state index contributed by atoms with van der Waals surface area (Å²) in [6, 6.07) is 16.8. The van der Waals surface area contributed by atoms with Crippen LogP contribution in [-0.4, -0.2) is 16.9 Å². The molecule has 0 amide bonds. The first-order valence-corrected chi connectivity index (χ1v) is 10.2. The van der Waals surface area contributed by atoms with Crippen molar-refractivity contribution in [3.8, 4) is 11.8 Å². The first-order chi connectivity index (χ1) is 13.7. The van der Waals surface area contributed by atoms with E-state index in [1.807, 2.05) is 24.3 Å². The van der Waals surface area contributed by atoms with Crippen molar-refractivity contribution in [2.45, 2.75) is 64.6 Å². The second kappa shape index (κ2) is 8.39. The van der Waals surface area contributed by atoms with E-state index in [1.54, 1.807) is 24.3 Å². The van der Waals surface area contributed by atoms with Crippen molar-refractivity contribution in [2.75, 3.05) is 0 Å². The van der Waals surface area contributed by atoms with Crippen LogP contribution < -0.4 is 10.1 Å². The minimum atomic E-state index is 0.0549.